The average Bonchev–Trinajstić information content (AvgIpc) is 4.07. The van der Waals surface area contributed by atoms with Crippen molar-refractivity contribution >= 4 is 11.6 Å². The molecule has 0 atom stereocenters. The molecule has 370 valence electrons. The van der Waals surface area contributed by atoms with E-state index in [1.165, 1.54) is 5.56 Å². The summed E-state index contributed by atoms with van der Waals surface area (Å²) in [5, 5.41) is 19.1. The smallest absolute Gasteiger partial charge is 0.205 e. The molecule has 0 radical (unpaired) electrons. The largest absolute Gasteiger partial charge is 0.485 e. The van der Waals surface area contributed by atoms with Crippen molar-refractivity contribution in [1.82, 2.24) is 35.1 Å². The number of hydrogen-bond donors (Lipinski definition) is 1. The molecule has 9 nitrogen and oxygen atoms in total. The van der Waals surface area contributed by atoms with Crippen molar-refractivity contribution < 1.29 is 9.47 Å². The number of ether oxygens (including phenoxy) is 2. The van der Waals surface area contributed by atoms with Crippen molar-refractivity contribution in [1.29, 1.82) is 0 Å². The third kappa shape index (κ3) is 11.4. The normalized spacial score (nSPS) is 11.4. The fraction of sp³-hybridized carbons (Fsp3) is 0.188. The van der Waals surface area contributed by atoms with Crippen molar-refractivity contribution in [2.75, 3.05) is 6.54 Å². The van der Waals surface area contributed by atoms with E-state index in [-0.39, 0.29) is 0 Å². The Hall–Kier alpha value is -8.11. The van der Waals surface area contributed by atoms with Gasteiger partial charge < -0.3 is 19.4 Å². The fourth-order valence-electron chi connectivity index (χ4n) is 9.67. The lowest BCUT2D eigenvalue weighted by Gasteiger charge is -2.34. The number of hydrogen-bond acceptors (Lipinski definition) is 7. The zero-order chi connectivity index (χ0) is 50.4. The number of unbranched alkanes of at least 4 members (excludes halogenated alkanes) is 1. The van der Waals surface area contributed by atoms with E-state index in [1.54, 1.807) is 4.80 Å². The molecular formula is C64H60ClN7O2. The van der Waals surface area contributed by atoms with Gasteiger partial charge in [0.15, 0.2) is 22.2 Å². The summed E-state index contributed by atoms with van der Waals surface area (Å²) in [6.45, 7) is 5.21. The SMILES string of the molecule is CCCCc1nc(Cl)c(CNCCCc2ccc(OCc3ccccc3)c(OCc3ccccc3)c2)n1Cc1ccc(-c2ccccc2-c2nnn(C(c3ccccc3)(c3ccccc3)c3ccccc3)n2)cc1. The third-order valence-corrected chi connectivity index (χ3v) is 13.8. The predicted molar refractivity (Wildman–Crippen MR) is 296 cm³/mol. The monoisotopic (exact) mass is 993 g/mol. The van der Waals surface area contributed by atoms with Crippen LogP contribution in [0.15, 0.2) is 218 Å². The Morgan fingerprint density at radius 2 is 1.08 bits per heavy atom. The maximum absolute atomic E-state index is 6.97. The number of aromatic nitrogens is 6. The Kier molecular flexibility index (Phi) is 16.1. The Morgan fingerprint density at radius 1 is 0.541 bits per heavy atom. The number of halogens is 1. The standard InChI is InChI=1S/C64H60ClN7O2/c1-2-3-35-61-67-62(65)58(44-66-42-21-26-48-38-41-59(73-46-50-22-9-4-10-23-50)60(43-48)74-47-51-24-11-5-12-25-51)71(61)45-49-36-39-52(40-37-49)56-33-19-20-34-57(56)63-68-70-72(69-63)64(53-27-13-6-14-28-53,54-29-15-7-16-30-54)55-31-17-8-18-32-55/h4-20,22-25,27-34,36-41,43,66H,2-3,21,26,35,42,44-47H2,1H3. The van der Waals surface area contributed by atoms with Crippen LogP contribution < -0.4 is 14.8 Å². The molecule has 10 rings (SSSR count). The zero-order valence-electron chi connectivity index (χ0n) is 41.7. The molecule has 1 N–H and O–H groups in total. The maximum atomic E-state index is 6.97. The summed E-state index contributed by atoms with van der Waals surface area (Å²) >= 11 is 6.97. The Balaban J connectivity index is 0.839. The summed E-state index contributed by atoms with van der Waals surface area (Å²) in [5.74, 6) is 3.03. The molecule has 2 aromatic heterocycles. The van der Waals surface area contributed by atoms with E-state index in [0.29, 0.717) is 37.3 Å². The minimum atomic E-state index is -0.873. The molecule has 0 saturated carbocycles. The lowest BCUT2D eigenvalue weighted by molar-refractivity contribution is 0.255. The molecule has 0 bridgehead atoms. The van der Waals surface area contributed by atoms with Gasteiger partial charge in [-0.1, -0.05) is 231 Å². The summed E-state index contributed by atoms with van der Waals surface area (Å²) in [4.78, 5) is 6.69. The third-order valence-electron chi connectivity index (χ3n) is 13.5. The number of rotatable bonds is 23. The van der Waals surface area contributed by atoms with Crippen LogP contribution in [0, 0.1) is 0 Å². The first-order valence-corrected chi connectivity index (χ1v) is 26.0. The highest BCUT2D eigenvalue weighted by Crippen LogP contribution is 2.41. The number of tetrazole rings is 1. The first kappa shape index (κ1) is 49.5. The van der Waals surface area contributed by atoms with E-state index in [4.69, 9.17) is 41.5 Å². The van der Waals surface area contributed by atoms with Gasteiger partial charge in [0.2, 0.25) is 5.82 Å². The molecule has 0 saturated heterocycles. The van der Waals surface area contributed by atoms with E-state index in [9.17, 15) is 0 Å². The molecule has 0 aliphatic heterocycles. The van der Waals surface area contributed by atoms with E-state index >= 15 is 0 Å². The molecule has 0 unspecified atom stereocenters. The second kappa shape index (κ2) is 24.1. The van der Waals surface area contributed by atoms with Crippen LogP contribution in [0.5, 0.6) is 11.5 Å². The second-order valence-corrected chi connectivity index (χ2v) is 18.9. The minimum Gasteiger partial charge on any atom is -0.485 e. The number of nitrogens with one attached hydrogen (secondary N) is 1. The topological polar surface area (TPSA) is 91.9 Å². The lowest BCUT2D eigenvalue weighted by atomic mass is 9.77. The summed E-state index contributed by atoms with van der Waals surface area (Å²) < 4.78 is 15.0. The number of imidazole rings is 1. The van der Waals surface area contributed by atoms with Gasteiger partial charge in [-0.25, -0.2) is 4.98 Å². The highest BCUT2D eigenvalue weighted by molar-refractivity contribution is 6.30. The summed E-state index contributed by atoms with van der Waals surface area (Å²) in [5.41, 5.74) is 10.8. The first-order chi connectivity index (χ1) is 36.6. The Morgan fingerprint density at radius 3 is 1.68 bits per heavy atom. The van der Waals surface area contributed by atoms with Crippen LogP contribution in [0.25, 0.3) is 22.5 Å². The Labute approximate surface area is 439 Å². The number of nitrogens with zero attached hydrogens (tertiary/aromatic N) is 6. The fourth-order valence-corrected chi connectivity index (χ4v) is 9.94. The quantitative estimate of drug-likeness (QED) is 0.0504. The first-order valence-electron chi connectivity index (χ1n) is 25.6. The van der Waals surface area contributed by atoms with E-state index < -0.39 is 5.54 Å². The maximum Gasteiger partial charge on any atom is 0.205 e. The van der Waals surface area contributed by atoms with Crippen molar-refractivity contribution in [3.63, 3.8) is 0 Å². The van der Waals surface area contributed by atoms with Gasteiger partial charge >= 0.3 is 0 Å². The molecule has 8 aromatic carbocycles. The Bertz CT molecular complexity index is 3230. The van der Waals surface area contributed by atoms with Crippen LogP contribution in [-0.4, -0.2) is 36.3 Å². The van der Waals surface area contributed by atoms with Crippen LogP contribution in [0.4, 0.5) is 0 Å². The molecule has 0 aliphatic carbocycles. The van der Waals surface area contributed by atoms with Gasteiger partial charge in [-0.15, -0.1) is 15.0 Å². The van der Waals surface area contributed by atoms with E-state index in [1.807, 2.05) is 66.7 Å². The van der Waals surface area contributed by atoms with Crippen LogP contribution in [-0.2, 0) is 44.7 Å². The van der Waals surface area contributed by atoms with Gasteiger partial charge in [0, 0.05) is 25.1 Å². The van der Waals surface area contributed by atoms with Gasteiger partial charge in [0.05, 0.1) is 5.69 Å². The van der Waals surface area contributed by atoms with Gasteiger partial charge in [0.1, 0.15) is 19.0 Å². The molecule has 0 aliphatic rings. The van der Waals surface area contributed by atoms with E-state index in [0.717, 1.165) is 112 Å². The van der Waals surface area contributed by atoms with Crippen molar-refractivity contribution in [2.24, 2.45) is 0 Å². The molecule has 10 aromatic rings. The lowest BCUT2D eigenvalue weighted by Crippen LogP contribution is -2.39. The zero-order valence-corrected chi connectivity index (χ0v) is 42.5. The number of aryl methyl sites for hydroxylation is 2. The molecule has 2 heterocycles. The van der Waals surface area contributed by atoms with Crippen molar-refractivity contribution in [2.45, 2.75) is 70.9 Å². The molecule has 0 spiro atoms. The second-order valence-electron chi connectivity index (χ2n) is 18.5. The van der Waals surface area contributed by atoms with Gasteiger partial charge in [-0.05, 0) is 93.2 Å². The molecule has 10 heteroatoms. The summed E-state index contributed by atoms with van der Waals surface area (Å²) in [7, 11) is 0. The van der Waals surface area contributed by atoms with Crippen molar-refractivity contribution in [3.05, 3.63) is 274 Å². The van der Waals surface area contributed by atoms with Gasteiger partial charge in [0.25, 0.3) is 0 Å². The minimum absolute atomic E-state index is 0.463. The van der Waals surface area contributed by atoms with Crippen LogP contribution in [0.3, 0.4) is 0 Å². The van der Waals surface area contributed by atoms with Crippen LogP contribution in [0.2, 0.25) is 5.15 Å². The molecule has 74 heavy (non-hydrogen) atoms. The average molecular weight is 995 g/mol. The molecular weight excluding hydrogens is 934 g/mol. The molecule has 0 fully saturated rings. The van der Waals surface area contributed by atoms with Crippen LogP contribution in [0.1, 0.15) is 76.6 Å². The summed E-state index contributed by atoms with van der Waals surface area (Å²) in [6, 6.07) is 75.1. The van der Waals surface area contributed by atoms with Gasteiger partial charge in [-0.3, -0.25) is 0 Å². The van der Waals surface area contributed by atoms with E-state index in [2.05, 4.69) is 168 Å². The van der Waals surface area contributed by atoms with Crippen LogP contribution >= 0.6 is 11.6 Å². The summed E-state index contributed by atoms with van der Waals surface area (Å²) in [6.07, 6.45) is 4.77. The number of benzene rings is 8. The van der Waals surface area contributed by atoms with Crippen molar-refractivity contribution in [3.8, 4) is 34.0 Å². The molecule has 0 amide bonds. The highest BCUT2D eigenvalue weighted by Gasteiger charge is 2.41. The highest BCUT2D eigenvalue weighted by atomic mass is 35.5. The van der Waals surface area contributed by atoms with Gasteiger partial charge in [-0.2, -0.15) is 0 Å². The predicted octanol–water partition coefficient (Wildman–Crippen LogP) is 14.0.